The fourth-order valence-corrected chi connectivity index (χ4v) is 2.38. The standard InChI is InChI=1S/C16H16N6O6/c1-3-20-9-12(14(19-20)16(24)27-2)18-15(23)13-5-4-11(28-13)8-21-7-10(6-17-21)22(25)26/h4-7,9H,3,8H2,1-2H3,(H,18,23). The Kier molecular flexibility index (Phi) is 5.20. The number of nitrogens with zero attached hydrogens (tertiary/aromatic N) is 5. The quantitative estimate of drug-likeness (QED) is 0.365. The zero-order chi connectivity index (χ0) is 20.3. The van der Waals surface area contributed by atoms with Gasteiger partial charge in [0, 0.05) is 12.7 Å². The van der Waals surface area contributed by atoms with Crippen LogP contribution in [0, 0.1) is 10.1 Å². The van der Waals surface area contributed by atoms with E-state index in [-0.39, 0.29) is 29.4 Å². The highest BCUT2D eigenvalue weighted by Gasteiger charge is 2.21. The normalized spacial score (nSPS) is 10.6. The molecule has 0 saturated heterocycles. The van der Waals surface area contributed by atoms with Crippen LogP contribution in [0.25, 0.3) is 0 Å². The van der Waals surface area contributed by atoms with Gasteiger partial charge in [0.25, 0.3) is 5.91 Å². The van der Waals surface area contributed by atoms with E-state index in [1.165, 1.54) is 34.9 Å². The van der Waals surface area contributed by atoms with E-state index in [4.69, 9.17) is 4.42 Å². The van der Waals surface area contributed by atoms with Gasteiger partial charge in [-0.15, -0.1) is 0 Å². The van der Waals surface area contributed by atoms with E-state index in [1.54, 1.807) is 6.07 Å². The van der Waals surface area contributed by atoms with E-state index >= 15 is 0 Å². The molecule has 3 aromatic heterocycles. The fraction of sp³-hybridized carbons (Fsp3) is 0.250. The molecule has 0 unspecified atom stereocenters. The van der Waals surface area contributed by atoms with E-state index in [2.05, 4.69) is 20.3 Å². The Morgan fingerprint density at radius 1 is 1.32 bits per heavy atom. The lowest BCUT2D eigenvalue weighted by Gasteiger charge is -2.02. The number of esters is 1. The molecule has 3 rings (SSSR count). The van der Waals surface area contributed by atoms with Crippen molar-refractivity contribution in [1.82, 2.24) is 19.6 Å². The Labute approximate surface area is 157 Å². The number of aromatic nitrogens is 4. The number of carbonyl (C=O) groups is 2. The lowest BCUT2D eigenvalue weighted by atomic mass is 10.3. The van der Waals surface area contributed by atoms with Gasteiger partial charge in [-0.25, -0.2) is 4.79 Å². The third-order valence-electron chi connectivity index (χ3n) is 3.75. The van der Waals surface area contributed by atoms with E-state index in [1.807, 2.05) is 6.92 Å². The second-order valence-electron chi connectivity index (χ2n) is 5.61. The highest BCUT2D eigenvalue weighted by atomic mass is 16.6. The number of furan rings is 1. The second kappa shape index (κ2) is 7.73. The third-order valence-corrected chi connectivity index (χ3v) is 3.75. The summed E-state index contributed by atoms with van der Waals surface area (Å²) in [5, 5.41) is 21.2. The lowest BCUT2D eigenvalue weighted by Crippen LogP contribution is -2.14. The van der Waals surface area contributed by atoms with Gasteiger partial charge in [-0.05, 0) is 19.1 Å². The molecule has 1 amide bonds. The molecule has 0 spiro atoms. The molecule has 0 aromatic carbocycles. The predicted octanol–water partition coefficient (Wildman–Crippen LogP) is 1.69. The maximum atomic E-state index is 12.4. The number of ether oxygens (including phenoxy) is 1. The van der Waals surface area contributed by atoms with Crippen molar-refractivity contribution in [1.29, 1.82) is 0 Å². The number of hydrogen-bond donors (Lipinski definition) is 1. The van der Waals surface area contributed by atoms with Crippen LogP contribution in [-0.4, -0.2) is 43.5 Å². The van der Waals surface area contributed by atoms with Crippen LogP contribution in [0.2, 0.25) is 0 Å². The first-order valence-electron chi connectivity index (χ1n) is 8.14. The van der Waals surface area contributed by atoms with Crippen molar-refractivity contribution in [2.24, 2.45) is 0 Å². The molecule has 146 valence electrons. The minimum Gasteiger partial charge on any atom is -0.464 e. The van der Waals surface area contributed by atoms with Crippen molar-refractivity contribution in [2.75, 3.05) is 12.4 Å². The summed E-state index contributed by atoms with van der Waals surface area (Å²) >= 11 is 0. The number of methoxy groups -OCH3 is 1. The summed E-state index contributed by atoms with van der Waals surface area (Å²) < 4.78 is 12.9. The van der Waals surface area contributed by atoms with E-state index < -0.39 is 16.8 Å². The summed E-state index contributed by atoms with van der Waals surface area (Å²) in [4.78, 5) is 34.4. The van der Waals surface area contributed by atoms with E-state index in [0.717, 1.165) is 6.20 Å². The first-order valence-corrected chi connectivity index (χ1v) is 8.14. The van der Waals surface area contributed by atoms with Crippen LogP contribution >= 0.6 is 0 Å². The number of aryl methyl sites for hydroxylation is 1. The topological polar surface area (TPSA) is 147 Å². The van der Waals surface area contributed by atoms with Crippen LogP contribution < -0.4 is 5.32 Å². The van der Waals surface area contributed by atoms with Gasteiger partial charge in [0.05, 0.1) is 24.3 Å². The smallest absolute Gasteiger partial charge is 0.360 e. The number of anilines is 1. The van der Waals surface area contributed by atoms with Gasteiger partial charge >= 0.3 is 11.7 Å². The molecule has 0 radical (unpaired) electrons. The summed E-state index contributed by atoms with van der Waals surface area (Å²) in [7, 11) is 1.22. The Bertz CT molecular complexity index is 1030. The summed E-state index contributed by atoms with van der Waals surface area (Å²) in [6, 6.07) is 3.00. The van der Waals surface area contributed by atoms with E-state index in [0.29, 0.717) is 12.3 Å². The largest absolute Gasteiger partial charge is 0.464 e. The molecule has 0 atom stereocenters. The minimum absolute atomic E-state index is 0.00304. The Morgan fingerprint density at radius 2 is 2.11 bits per heavy atom. The summed E-state index contributed by atoms with van der Waals surface area (Å²) in [5.41, 5.74) is 0.0282. The minimum atomic E-state index is -0.678. The van der Waals surface area contributed by atoms with Crippen LogP contribution in [0.1, 0.15) is 33.7 Å². The predicted molar refractivity (Wildman–Crippen MR) is 93.9 cm³/mol. The zero-order valence-corrected chi connectivity index (χ0v) is 15.0. The molecule has 0 fully saturated rings. The monoisotopic (exact) mass is 388 g/mol. The van der Waals surface area contributed by atoms with Crippen LogP contribution in [0.3, 0.4) is 0 Å². The van der Waals surface area contributed by atoms with Crippen molar-refractivity contribution in [3.63, 3.8) is 0 Å². The zero-order valence-electron chi connectivity index (χ0n) is 15.0. The van der Waals surface area contributed by atoms with Gasteiger partial charge in [0.2, 0.25) is 0 Å². The Hall–Kier alpha value is -3.96. The summed E-state index contributed by atoms with van der Waals surface area (Å²) in [6.07, 6.45) is 3.89. The Morgan fingerprint density at radius 3 is 2.75 bits per heavy atom. The highest BCUT2D eigenvalue weighted by molar-refractivity contribution is 6.05. The average molecular weight is 388 g/mol. The molecule has 0 saturated carbocycles. The van der Waals surface area contributed by atoms with Crippen molar-refractivity contribution in [3.05, 3.63) is 58.1 Å². The van der Waals surface area contributed by atoms with Gasteiger partial charge in [-0.2, -0.15) is 10.2 Å². The first-order chi connectivity index (χ1) is 13.4. The van der Waals surface area contributed by atoms with Gasteiger partial charge in [0.1, 0.15) is 18.2 Å². The maximum Gasteiger partial charge on any atom is 0.360 e. The van der Waals surface area contributed by atoms with Crippen molar-refractivity contribution >= 4 is 23.3 Å². The number of carbonyl (C=O) groups excluding carboxylic acids is 2. The van der Waals surface area contributed by atoms with Crippen molar-refractivity contribution < 1.29 is 23.7 Å². The van der Waals surface area contributed by atoms with Crippen LogP contribution in [0.15, 0.2) is 35.1 Å². The molecule has 0 aliphatic heterocycles. The SMILES string of the molecule is CCn1cc(NC(=O)c2ccc(Cn3cc([N+](=O)[O-])cn3)o2)c(C(=O)OC)n1. The molecular weight excluding hydrogens is 372 g/mol. The maximum absolute atomic E-state index is 12.4. The second-order valence-corrected chi connectivity index (χ2v) is 5.61. The number of nitrogens with one attached hydrogen (secondary N) is 1. The number of rotatable bonds is 7. The van der Waals surface area contributed by atoms with Crippen LogP contribution in [0.5, 0.6) is 0 Å². The average Bonchev–Trinajstić information content (AvgIpc) is 3.41. The van der Waals surface area contributed by atoms with Crippen LogP contribution in [-0.2, 0) is 17.8 Å². The molecule has 12 heteroatoms. The number of amides is 1. The molecule has 28 heavy (non-hydrogen) atoms. The lowest BCUT2D eigenvalue weighted by molar-refractivity contribution is -0.385. The third kappa shape index (κ3) is 3.90. The first kappa shape index (κ1) is 18.8. The highest BCUT2D eigenvalue weighted by Crippen LogP contribution is 2.18. The van der Waals surface area contributed by atoms with Crippen LogP contribution in [0.4, 0.5) is 11.4 Å². The molecular formula is C16H16N6O6. The van der Waals surface area contributed by atoms with Crippen molar-refractivity contribution in [2.45, 2.75) is 20.0 Å². The molecule has 0 bridgehead atoms. The van der Waals surface area contributed by atoms with Gasteiger partial charge in [-0.1, -0.05) is 0 Å². The number of hydrogen-bond acceptors (Lipinski definition) is 8. The Balaban J connectivity index is 1.73. The molecule has 0 aliphatic rings. The van der Waals surface area contributed by atoms with E-state index in [9.17, 15) is 19.7 Å². The number of nitro groups is 1. The van der Waals surface area contributed by atoms with Crippen molar-refractivity contribution in [3.8, 4) is 0 Å². The molecule has 3 aromatic rings. The fourth-order valence-electron chi connectivity index (χ4n) is 2.38. The molecule has 3 heterocycles. The molecule has 1 N–H and O–H groups in total. The van der Waals surface area contributed by atoms with Gasteiger partial charge in [0.15, 0.2) is 11.5 Å². The van der Waals surface area contributed by atoms with Gasteiger partial charge < -0.3 is 14.5 Å². The summed E-state index contributed by atoms with van der Waals surface area (Å²) in [6.45, 7) is 2.45. The molecule has 0 aliphatic carbocycles. The van der Waals surface area contributed by atoms with Gasteiger partial charge in [-0.3, -0.25) is 24.3 Å². The molecule has 12 nitrogen and oxygen atoms in total. The summed E-state index contributed by atoms with van der Waals surface area (Å²) in [5.74, 6) is -0.890.